The summed E-state index contributed by atoms with van der Waals surface area (Å²) in [7, 11) is 0. The van der Waals surface area contributed by atoms with Crippen molar-refractivity contribution >= 4 is 66.7 Å². The van der Waals surface area contributed by atoms with E-state index in [4.69, 9.17) is 18.9 Å². The van der Waals surface area contributed by atoms with Gasteiger partial charge in [0.15, 0.2) is 0 Å². The highest BCUT2D eigenvalue weighted by Crippen LogP contribution is 2.59. The highest BCUT2D eigenvalue weighted by molar-refractivity contribution is 6.45. The van der Waals surface area contributed by atoms with Crippen molar-refractivity contribution in [3.05, 3.63) is 504 Å². The van der Waals surface area contributed by atoms with Crippen molar-refractivity contribution in [2.24, 2.45) is 0 Å². The first-order chi connectivity index (χ1) is 71.9. The van der Waals surface area contributed by atoms with Gasteiger partial charge >= 0.3 is 0 Å². The fraction of sp³-hybridized carbons (Fsp3) is 0.0588. The molecule has 0 unspecified atom stereocenters. The molecule has 2 aliphatic heterocycles. The van der Waals surface area contributed by atoms with Crippen LogP contribution in [-0.4, -0.2) is 46.5 Å². The maximum atomic E-state index is 16.2. The number of ether oxygens (including phenoxy) is 4. The molecule has 0 spiro atoms. The lowest BCUT2D eigenvalue weighted by Crippen LogP contribution is -2.41. The first-order valence-electron chi connectivity index (χ1n) is 49.2. The van der Waals surface area contributed by atoms with Crippen molar-refractivity contribution in [1.29, 1.82) is 0 Å². The van der Waals surface area contributed by atoms with Crippen LogP contribution >= 0.6 is 0 Å². The third-order valence-electron chi connectivity index (χ3n) is 26.9. The molecule has 0 N–H and O–H groups in total. The zero-order chi connectivity index (χ0) is 98.5. The average Bonchev–Trinajstić information content (AvgIpc) is 0.669. The molecule has 10 nitrogen and oxygen atoms in total. The first kappa shape index (κ1) is 90.5. The van der Waals surface area contributed by atoms with Gasteiger partial charge in [-0.15, -0.1) is 0 Å². The van der Waals surface area contributed by atoms with Crippen molar-refractivity contribution in [3.8, 4) is 182 Å². The summed E-state index contributed by atoms with van der Waals surface area (Å²) in [6, 6.07) is 145. The number of hydrogen-bond acceptors (Lipinski definition) is 8. The summed E-state index contributed by atoms with van der Waals surface area (Å²) in [5.41, 5.74) is 23.4. The predicted molar refractivity (Wildman–Crippen MR) is 587 cm³/mol. The van der Waals surface area contributed by atoms with E-state index in [1.54, 1.807) is 24.3 Å². The summed E-state index contributed by atoms with van der Waals surface area (Å²) in [6.07, 6.45) is 2.37. The van der Waals surface area contributed by atoms with E-state index < -0.39 is 23.6 Å². The zero-order valence-corrected chi connectivity index (χ0v) is 80.0. The fourth-order valence-corrected chi connectivity index (χ4v) is 19.7. The molecule has 692 valence electrons. The van der Waals surface area contributed by atoms with Gasteiger partial charge in [-0.2, -0.15) is 0 Å². The largest absolute Gasteiger partial charge is 0.457 e. The molecule has 4 amide bonds. The lowest BCUT2D eigenvalue weighted by molar-refractivity contribution is 0.0593. The minimum absolute atomic E-state index is 0.104. The smallest absolute Gasteiger partial charge is 0.261 e. The van der Waals surface area contributed by atoms with Gasteiger partial charge in [0.25, 0.3) is 23.6 Å². The SMILES string of the molecule is CCCCN1C(=O)c2cc(Oc3ccc(C#Cc4cc(-c5ccccc5)cc(-c5ccccc5)c4)cc3)c3c4c(Oc5ccc(C#Cc6cc(-c7ccccc7)cc(-c7ccccc7)c6)cc5)cc5c6c(cc(Oc7ccc(C#Cc8cc(-c9ccccc9)cc(-c9ccccc9)c8)cc7)c(c7c(Oc8ccc(C#Cc9cc(-c%10ccccc%10)cc(-c%10ccccc%10)c9)cc8)cc(c2c37)C1=O)c64)C(=O)N(CCCC)C5=O. The average molecular weight is 1880 g/mol. The number of benzene rings is 21. The van der Waals surface area contributed by atoms with E-state index in [1.165, 1.54) is 9.80 Å². The topological polar surface area (TPSA) is 112 Å². The Bertz CT molecular complexity index is 7700. The van der Waals surface area contributed by atoms with Crippen molar-refractivity contribution in [3.63, 3.8) is 0 Å². The molecule has 0 bridgehead atoms. The summed E-state index contributed by atoms with van der Waals surface area (Å²) >= 11 is 0. The van der Waals surface area contributed by atoms with Crippen molar-refractivity contribution in [1.82, 2.24) is 9.80 Å². The molecule has 0 atom stereocenters. The van der Waals surface area contributed by atoms with Gasteiger partial charge in [-0.25, -0.2) is 0 Å². The van der Waals surface area contributed by atoms with E-state index >= 15 is 19.2 Å². The lowest BCUT2D eigenvalue weighted by atomic mass is 9.80. The molecule has 0 saturated heterocycles. The maximum Gasteiger partial charge on any atom is 0.261 e. The van der Waals surface area contributed by atoms with Crippen LogP contribution in [0, 0.1) is 47.4 Å². The summed E-state index contributed by atoms with van der Waals surface area (Å²) in [5, 5.41) is 2.77. The van der Waals surface area contributed by atoms with Gasteiger partial charge in [0.1, 0.15) is 46.0 Å². The van der Waals surface area contributed by atoms with Crippen LogP contribution in [0.1, 0.15) is 125 Å². The van der Waals surface area contributed by atoms with Crippen LogP contribution in [0.25, 0.3) is 132 Å². The highest BCUT2D eigenvalue weighted by Gasteiger charge is 2.42. The molecule has 0 aromatic heterocycles. The molecule has 21 aromatic rings. The van der Waals surface area contributed by atoms with E-state index in [-0.39, 0.29) is 58.3 Å². The van der Waals surface area contributed by atoms with E-state index in [9.17, 15) is 0 Å². The Morgan fingerprint density at radius 3 is 0.521 bits per heavy atom. The Kier molecular flexibility index (Phi) is 24.8. The Morgan fingerprint density at radius 2 is 0.349 bits per heavy atom. The van der Waals surface area contributed by atoms with Gasteiger partial charge in [0.2, 0.25) is 0 Å². The quantitative estimate of drug-likeness (QED) is 0.0285. The van der Waals surface area contributed by atoms with Gasteiger partial charge in [-0.05, 0) is 296 Å². The van der Waals surface area contributed by atoms with Gasteiger partial charge < -0.3 is 18.9 Å². The number of unbranched alkanes of at least 4 members (excludes halogenated alkanes) is 2. The van der Waals surface area contributed by atoms with Crippen LogP contribution in [0.3, 0.4) is 0 Å². The van der Waals surface area contributed by atoms with Gasteiger partial charge in [-0.1, -0.05) is 317 Å². The van der Waals surface area contributed by atoms with Crippen LogP contribution in [0.15, 0.2) is 437 Å². The molecular weight excluding hydrogens is 1790 g/mol. The molecule has 0 fully saturated rings. The minimum atomic E-state index is -0.538. The number of carbonyl (C=O) groups excluding carboxylic acids is 4. The second kappa shape index (κ2) is 40.1. The Balaban J connectivity index is 0.738. The molecule has 0 saturated carbocycles. The monoisotopic (exact) mass is 1880 g/mol. The molecule has 10 heteroatoms. The predicted octanol–water partition coefficient (Wildman–Crippen LogP) is 32.6. The molecule has 0 radical (unpaired) electrons. The van der Waals surface area contributed by atoms with E-state index in [1.807, 2.05) is 257 Å². The normalized spacial score (nSPS) is 11.9. The van der Waals surface area contributed by atoms with Crippen LogP contribution < -0.4 is 18.9 Å². The number of fused-ring (bicyclic) bond motifs is 2. The Hall–Kier alpha value is -19.4. The van der Waals surface area contributed by atoms with Crippen LogP contribution in [0.2, 0.25) is 0 Å². The van der Waals surface area contributed by atoms with Gasteiger partial charge in [-0.3, -0.25) is 29.0 Å². The minimum Gasteiger partial charge on any atom is -0.457 e. The molecule has 2 heterocycles. The highest BCUT2D eigenvalue weighted by atomic mass is 16.5. The van der Waals surface area contributed by atoms with E-state index in [2.05, 4.69) is 217 Å². The second-order valence-electron chi connectivity index (χ2n) is 36.6. The van der Waals surface area contributed by atoms with Crippen LogP contribution in [-0.2, 0) is 0 Å². The summed E-state index contributed by atoms with van der Waals surface area (Å²) in [6.45, 7) is 4.25. The molecule has 2 aliphatic rings. The molecule has 21 aromatic carbocycles. The number of hydrogen-bond donors (Lipinski definition) is 0. The van der Waals surface area contributed by atoms with E-state index in [0.29, 0.717) is 114 Å². The summed E-state index contributed by atoms with van der Waals surface area (Å²) < 4.78 is 30.2. The summed E-state index contributed by atoms with van der Waals surface area (Å²) in [5.74, 6) is 27.8. The molecule has 23 rings (SSSR count). The number of nitrogens with zero attached hydrogens (tertiary/aromatic N) is 2. The number of carbonyl (C=O) groups is 4. The van der Waals surface area contributed by atoms with E-state index in [0.717, 1.165) is 111 Å². The fourth-order valence-electron chi connectivity index (χ4n) is 19.7. The van der Waals surface area contributed by atoms with Gasteiger partial charge in [0.05, 0.1) is 22.3 Å². The number of rotatable bonds is 22. The molecule has 146 heavy (non-hydrogen) atoms. The zero-order valence-electron chi connectivity index (χ0n) is 80.0. The van der Waals surface area contributed by atoms with Crippen molar-refractivity contribution < 1.29 is 38.1 Å². The summed E-state index contributed by atoms with van der Waals surface area (Å²) in [4.78, 5) is 67.5. The standard InChI is InChI=1S/C136H90N2O8/c1-3-5-71-137-133(139)117-85-121(143-113-63-55-89(56-64-113)47-51-93-73-105(97-31-15-7-16-32-97)81-106(74-93)98-33-17-8-18-34-98)127-129-123(145-115-67-59-91(60-68-115)49-53-95-77-109(101-39-23-11-24-40-101)83-110(78-95)102-41-25-12-26-42-102)87-119-126-120(136(142)138(135(119)141)72-6-4-2)88-124(146-116-69-61-92(62-70-116)50-54-96-79-111(103-43-27-13-28-44-103)84-112(80-96)104-45-29-14-30-46-104)130(132(126)129)128-122(86-118(134(137)140)125(117)131(127)128)144-114-65-57-90(58-66-114)48-52-94-75-107(99-35-19-9-20-36-99)82-108(76-94)100-37-21-10-22-38-100/h7-46,55-70,73-88H,3-6,71-72H2,1-2H3. The second-order valence-corrected chi connectivity index (χ2v) is 36.6. The van der Waals surface area contributed by atoms with Crippen molar-refractivity contribution in [2.45, 2.75) is 39.5 Å². The molecular formula is C136H90N2O8. The lowest BCUT2D eigenvalue weighted by Gasteiger charge is -2.32. The number of amides is 4. The maximum absolute atomic E-state index is 16.2. The van der Waals surface area contributed by atoms with Crippen LogP contribution in [0.5, 0.6) is 46.0 Å². The van der Waals surface area contributed by atoms with Crippen molar-refractivity contribution in [2.75, 3.05) is 13.1 Å². The Labute approximate surface area is 847 Å². The molecule has 0 aliphatic carbocycles. The van der Waals surface area contributed by atoms with Gasteiger partial charge in [0, 0.05) is 101 Å². The number of imide groups is 2. The third kappa shape index (κ3) is 18.5. The Morgan fingerprint density at radius 1 is 0.178 bits per heavy atom. The van der Waals surface area contributed by atoms with Crippen LogP contribution in [0.4, 0.5) is 0 Å². The first-order valence-corrected chi connectivity index (χ1v) is 49.2. The third-order valence-corrected chi connectivity index (χ3v) is 26.9.